The van der Waals surface area contributed by atoms with Gasteiger partial charge in [0, 0.05) is 42.2 Å². The first kappa shape index (κ1) is 12.8. The van der Waals surface area contributed by atoms with Gasteiger partial charge < -0.3 is 0 Å². The lowest BCUT2D eigenvalue weighted by molar-refractivity contribution is 0.768. The van der Waals surface area contributed by atoms with Crippen LogP contribution in [0.4, 0.5) is 0 Å². The predicted molar refractivity (Wildman–Crippen MR) is 85.8 cm³/mol. The van der Waals surface area contributed by atoms with Gasteiger partial charge in [0.15, 0.2) is 5.82 Å². The molecule has 0 amide bonds. The monoisotopic (exact) mass is 289 g/mol. The summed E-state index contributed by atoms with van der Waals surface area (Å²) in [6.45, 7) is 2.07. The average Bonchev–Trinajstić information content (AvgIpc) is 3.17. The molecule has 0 aliphatic rings. The summed E-state index contributed by atoms with van der Waals surface area (Å²) in [6.07, 6.45) is 9.53. The Balaban J connectivity index is 1.86. The molecule has 0 aliphatic carbocycles. The standard InChI is InChI=1S/C17H15N5/c1-12-7-18-17(16-6-4-3-5-15(12)16)22-11-14(9-20-22)13-8-19-21(2)10-13/h3-11H,1-2H3. The molecule has 4 rings (SSSR count). The summed E-state index contributed by atoms with van der Waals surface area (Å²) in [5.74, 6) is 0.844. The molecule has 22 heavy (non-hydrogen) atoms. The van der Waals surface area contributed by atoms with E-state index in [0.717, 1.165) is 22.3 Å². The van der Waals surface area contributed by atoms with Crippen molar-refractivity contribution >= 4 is 10.8 Å². The number of hydrogen-bond donors (Lipinski definition) is 0. The summed E-state index contributed by atoms with van der Waals surface area (Å²) in [4.78, 5) is 4.57. The largest absolute Gasteiger partial charge is 0.275 e. The Labute approximate surface area is 127 Å². The number of aryl methyl sites for hydroxylation is 2. The quantitative estimate of drug-likeness (QED) is 0.569. The summed E-state index contributed by atoms with van der Waals surface area (Å²) in [5, 5.41) is 11.0. The zero-order chi connectivity index (χ0) is 15.1. The van der Waals surface area contributed by atoms with Gasteiger partial charge in [-0.25, -0.2) is 9.67 Å². The molecule has 0 bridgehead atoms. The molecule has 3 heterocycles. The van der Waals surface area contributed by atoms with E-state index in [4.69, 9.17) is 0 Å². The van der Waals surface area contributed by atoms with Crippen LogP contribution in [0.15, 0.2) is 55.2 Å². The van der Waals surface area contributed by atoms with Gasteiger partial charge in [-0.2, -0.15) is 10.2 Å². The average molecular weight is 289 g/mol. The van der Waals surface area contributed by atoms with Gasteiger partial charge in [-0.1, -0.05) is 24.3 Å². The maximum Gasteiger partial charge on any atom is 0.161 e. The first-order valence-electron chi connectivity index (χ1n) is 7.11. The summed E-state index contributed by atoms with van der Waals surface area (Å²) in [7, 11) is 1.91. The van der Waals surface area contributed by atoms with Crippen LogP contribution < -0.4 is 0 Å². The van der Waals surface area contributed by atoms with Crippen LogP contribution in [-0.2, 0) is 7.05 Å². The second-order valence-electron chi connectivity index (χ2n) is 5.39. The lowest BCUT2D eigenvalue weighted by Crippen LogP contribution is -1.99. The number of benzene rings is 1. The molecule has 5 heteroatoms. The normalized spacial score (nSPS) is 11.2. The van der Waals surface area contributed by atoms with Crippen molar-refractivity contribution in [3.05, 3.63) is 60.8 Å². The van der Waals surface area contributed by atoms with E-state index >= 15 is 0 Å². The lowest BCUT2D eigenvalue weighted by atomic mass is 10.1. The molecule has 5 nitrogen and oxygen atoms in total. The number of fused-ring (bicyclic) bond motifs is 1. The van der Waals surface area contributed by atoms with E-state index in [1.54, 1.807) is 4.68 Å². The molecule has 3 aromatic heterocycles. The van der Waals surface area contributed by atoms with Crippen molar-refractivity contribution in [2.24, 2.45) is 7.05 Å². The van der Waals surface area contributed by atoms with Gasteiger partial charge in [-0.15, -0.1) is 0 Å². The molecule has 1 aromatic carbocycles. The first-order valence-corrected chi connectivity index (χ1v) is 7.11. The molecule has 4 aromatic rings. The van der Waals surface area contributed by atoms with Gasteiger partial charge >= 0.3 is 0 Å². The minimum Gasteiger partial charge on any atom is -0.275 e. The predicted octanol–water partition coefficient (Wildman–Crippen LogP) is 3.13. The SMILES string of the molecule is Cc1cnc(-n2cc(-c3cnn(C)c3)cn2)c2ccccc12. The third-order valence-electron chi connectivity index (χ3n) is 3.81. The minimum absolute atomic E-state index is 0.844. The van der Waals surface area contributed by atoms with E-state index in [0.29, 0.717) is 0 Å². The van der Waals surface area contributed by atoms with E-state index in [1.807, 2.05) is 54.8 Å². The van der Waals surface area contributed by atoms with Crippen LogP contribution in [0.3, 0.4) is 0 Å². The highest BCUT2D eigenvalue weighted by Gasteiger charge is 2.10. The molecule has 0 atom stereocenters. The maximum absolute atomic E-state index is 4.57. The van der Waals surface area contributed by atoms with Crippen molar-refractivity contribution in [3.63, 3.8) is 0 Å². The summed E-state index contributed by atoms with van der Waals surface area (Å²) >= 11 is 0. The van der Waals surface area contributed by atoms with Crippen molar-refractivity contribution in [3.8, 4) is 16.9 Å². The van der Waals surface area contributed by atoms with E-state index < -0.39 is 0 Å². The van der Waals surface area contributed by atoms with E-state index in [9.17, 15) is 0 Å². The smallest absolute Gasteiger partial charge is 0.161 e. The molecule has 0 aliphatic heterocycles. The Morgan fingerprint density at radius 3 is 2.36 bits per heavy atom. The molecule has 108 valence electrons. The molecule has 0 fully saturated rings. The molecule has 0 N–H and O–H groups in total. The Bertz CT molecular complexity index is 964. The number of hydrogen-bond acceptors (Lipinski definition) is 3. The highest BCUT2D eigenvalue weighted by Crippen LogP contribution is 2.24. The zero-order valence-electron chi connectivity index (χ0n) is 12.4. The fourth-order valence-electron chi connectivity index (χ4n) is 2.66. The Hall–Kier alpha value is -2.95. The lowest BCUT2D eigenvalue weighted by Gasteiger charge is -2.07. The highest BCUT2D eigenvalue weighted by atomic mass is 15.3. The van der Waals surface area contributed by atoms with Gasteiger partial charge in [-0.3, -0.25) is 4.68 Å². The molecule has 0 radical (unpaired) electrons. The second-order valence-corrected chi connectivity index (χ2v) is 5.39. The highest BCUT2D eigenvalue weighted by molar-refractivity contribution is 5.90. The summed E-state index contributed by atoms with van der Waals surface area (Å²) in [5.41, 5.74) is 3.24. The van der Waals surface area contributed by atoms with Crippen LogP contribution >= 0.6 is 0 Å². The first-order chi connectivity index (χ1) is 10.7. The van der Waals surface area contributed by atoms with Crippen LogP contribution in [-0.4, -0.2) is 24.5 Å². The fraction of sp³-hybridized carbons (Fsp3) is 0.118. The van der Waals surface area contributed by atoms with Gasteiger partial charge in [0.2, 0.25) is 0 Å². The van der Waals surface area contributed by atoms with Crippen molar-refractivity contribution in [1.29, 1.82) is 0 Å². The van der Waals surface area contributed by atoms with Crippen molar-refractivity contribution in [2.75, 3.05) is 0 Å². The Morgan fingerprint density at radius 1 is 0.864 bits per heavy atom. The van der Waals surface area contributed by atoms with Gasteiger partial charge in [0.05, 0.1) is 12.4 Å². The van der Waals surface area contributed by atoms with Crippen molar-refractivity contribution < 1.29 is 0 Å². The molecular formula is C17H15N5. The number of pyridine rings is 1. The zero-order valence-corrected chi connectivity index (χ0v) is 12.4. The minimum atomic E-state index is 0.844. The Morgan fingerprint density at radius 2 is 1.59 bits per heavy atom. The molecule has 0 spiro atoms. The van der Waals surface area contributed by atoms with Gasteiger partial charge in [0.1, 0.15) is 0 Å². The molecule has 0 saturated carbocycles. The van der Waals surface area contributed by atoms with Crippen LogP contribution in [0.2, 0.25) is 0 Å². The van der Waals surface area contributed by atoms with E-state index in [-0.39, 0.29) is 0 Å². The molecule has 0 unspecified atom stereocenters. The maximum atomic E-state index is 4.57. The number of nitrogens with zero attached hydrogens (tertiary/aromatic N) is 5. The topological polar surface area (TPSA) is 48.5 Å². The van der Waals surface area contributed by atoms with Crippen LogP contribution in [0, 0.1) is 6.92 Å². The van der Waals surface area contributed by atoms with E-state index in [1.165, 1.54) is 10.9 Å². The second kappa shape index (κ2) is 4.80. The Kier molecular flexibility index (Phi) is 2.79. The van der Waals surface area contributed by atoms with Crippen LogP contribution in [0.25, 0.3) is 27.7 Å². The number of aromatic nitrogens is 5. The molecule has 0 saturated heterocycles. The summed E-state index contributed by atoms with van der Waals surface area (Å²) in [6, 6.07) is 8.26. The summed E-state index contributed by atoms with van der Waals surface area (Å²) < 4.78 is 3.61. The van der Waals surface area contributed by atoms with Crippen molar-refractivity contribution in [2.45, 2.75) is 6.92 Å². The fourth-order valence-corrected chi connectivity index (χ4v) is 2.66. The molecular weight excluding hydrogens is 274 g/mol. The number of rotatable bonds is 2. The third kappa shape index (κ3) is 1.98. The van der Waals surface area contributed by atoms with Gasteiger partial charge in [0.25, 0.3) is 0 Å². The van der Waals surface area contributed by atoms with Crippen LogP contribution in [0.5, 0.6) is 0 Å². The van der Waals surface area contributed by atoms with E-state index in [2.05, 4.69) is 34.2 Å². The third-order valence-corrected chi connectivity index (χ3v) is 3.81. The van der Waals surface area contributed by atoms with Crippen molar-refractivity contribution in [1.82, 2.24) is 24.5 Å². The van der Waals surface area contributed by atoms with Gasteiger partial charge in [-0.05, 0) is 17.9 Å². The van der Waals surface area contributed by atoms with Crippen LogP contribution in [0.1, 0.15) is 5.56 Å².